The van der Waals surface area contributed by atoms with Crippen molar-refractivity contribution in [2.24, 2.45) is 0 Å². The summed E-state index contributed by atoms with van der Waals surface area (Å²) in [6, 6.07) is 9.64. The van der Waals surface area contributed by atoms with E-state index in [1.54, 1.807) is 13.0 Å². The Balaban J connectivity index is 1.98. The van der Waals surface area contributed by atoms with E-state index < -0.39 is 5.25 Å². The van der Waals surface area contributed by atoms with E-state index in [1.165, 1.54) is 11.3 Å². The predicted molar refractivity (Wildman–Crippen MR) is 108 cm³/mol. The molecular weight excluding hydrogens is 368 g/mol. The largest absolute Gasteiger partial charge is 0.352 e. The number of aromatic nitrogens is 2. The Morgan fingerprint density at radius 3 is 2.88 bits per heavy atom. The lowest BCUT2D eigenvalue weighted by Gasteiger charge is -2.12. The molecule has 0 fully saturated rings. The van der Waals surface area contributed by atoms with Crippen LogP contribution in [0.3, 0.4) is 0 Å². The summed E-state index contributed by atoms with van der Waals surface area (Å²) in [5.41, 5.74) is 1.43. The first-order valence-electron chi connectivity index (χ1n) is 7.93. The Bertz CT molecular complexity index is 1010. The lowest BCUT2D eigenvalue weighted by Crippen LogP contribution is -2.33. The summed E-state index contributed by atoms with van der Waals surface area (Å²) in [7, 11) is 0. The van der Waals surface area contributed by atoms with Crippen LogP contribution in [0.1, 0.15) is 6.92 Å². The van der Waals surface area contributed by atoms with Gasteiger partial charge in [0.1, 0.15) is 4.83 Å². The van der Waals surface area contributed by atoms with Crippen LogP contribution in [0.5, 0.6) is 0 Å². The summed E-state index contributed by atoms with van der Waals surface area (Å²) in [6.45, 7) is 5.69. The van der Waals surface area contributed by atoms with Crippen LogP contribution in [0.2, 0.25) is 0 Å². The number of nitrogens with zero attached hydrogens (tertiary/aromatic N) is 2. The van der Waals surface area contributed by atoms with E-state index >= 15 is 0 Å². The molecule has 3 rings (SSSR count). The monoisotopic (exact) mass is 386 g/mol. The molecule has 0 aliphatic carbocycles. The fourth-order valence-corrected chi connectivity index (χ4v) is 4.27. The van der Waals surface area contributed by atoms with Crippen LogP contribution in [0, 0.1) is 0 Å². The minimum Gasteiger partial charge on any atom is -0.352 e. The highest BCUT2D eigenvalue weighted by atomic mass is 32.2. The van der Waals surface area contributed by atoms with E-state index in [0.717, 1.165) is 27.6 Å². The van der Waals surface area contributed by atoms with Crippen LogP contribution in [-0.2, 0) is 4.79 Å². The fraction of sp³-hybridized carbons (Fsp3) is 0.167. The van der Waals surface area contributed by atoms with Gasteiger partial charge in [-0.2, -0.15) is 0 Å². The number of nitrogen functional groups attached to an aromatic ring is 1. The Hall–Kier alpha value is -2.58. The van der Waals surface area contributed by atoms with Crippen molar-refractivity contribution in [2.75, 3.05) is 12.4 Å². The summed E-state index contributed by atoms with van der Waals surface area (Å²) < 4.78 is 1.02. The maximum Gasteiger partial charge on any atom is 0.282 e. The highest BCUT2D eigenvalue weighted by molar-refractivity contribution is 8.00. The quantitative estimate of drug-likeness (QED) is 0.294. The van der Waals surface area contributed by atoms with Crippen molar-refractivity contribution in [3.8, 4) is 11.1 Å². The number of carbonyl (C=O) groups is 1. The van der Waals surface area contributed by atoms with Gasteiger partial charge in [0.25, 0.3) is 5.56 Å². The molecule has 6 nitrogen and oxygen atoms in total. The van der Waals surface area contributed by atoms with Crippen molar-refractivity contribution in [3.63, 3.8) is 0 Å². The number of fused-ring (bicyclic) bond motifs is 1. The number of rotatable bonds is 6. The smallest absolute Gasteiger partial charge is 0.282 e. The number of nitrogens with one attached hydrogen (secondary N) is 1. The molecule has 1 amide bonds. The summed E-state index contributed by atoms with van der Waals surface area (Å²) >= 11 is 2.54. The molecule has 1 aromatic carbocycles. The molecule has 0 radical (unpaired) electrons. The molecule has 0 aliphatic rings. The maximum atomic E-state index is 12.8. The van der Waals surface area contributed by atoms with Crippen LogP contribution in [0.15, 0.2) is 58.3 Å². The Morgan fingerprint density at radius 2 is 2.19 bits per heavy atom. The number of nitrogens with two attached hydrogens (primary N) is 1. The third-order valence-corrected chi connectivity index (χ3v) is 5.70. The second kappa shape index (κ2) is 7.76. The first kappa shape index (κ1) is 18.2. The Labute approximate surface area is 158 Å². The Kier molecular flexibility index (Phi) is 5.43. The lowest BCUT2D eigenvalue weighted by atomic mass is 10.1. The molecule has 0 saturated heterocycles. The van der Waals surface area contributed by atoms with E-state index in [-0.39, 0.29) is 11.5 Å². The van der Waals surface area contributed by atoms with Crippen LogP contribution in [0.4, 0.5) is 0 Å². The molecule has 26 heavy (non-hydrogen) atoms. The molecule has 3 aromatic rings. The number of benzene rings is 1. The van der Waals surface area contributed by atoms with Crippen LogP contribution in [-0.4, -0.2) is 27.4 Å². The van der Waals surface area contributed by atoms with Gasteiger partial charge in [-0.05, 0) is 12.5 Å². The van der Waals surface area contributed by atoms with Gasteiger partial charge >= 0.3 is 0 Å². The molecule has 8 heteroatoms. The normalized spacial score (nSPS) is 12.0. The molecule has 3 N–H and O–H groups in total. The standard InChI is InChI=1S/C18H18N4O2S2/c1-3-9-20-15(23)11(2)26-18-21-16-14(17(24)22(18)19)13(10-25-16)12-7-5-4-6-8-12/h3-8,10-11H,1,9,19H2,2H3,(H,20,23)/t11-/m0/s1. The van der Waals surface area contributed by atoms with E-state index in [4.69, 9.17) is 5.84 Å². The maximum absolute atomic E-state index is 12.8. The minimum atomic E-state index is -0.442. The van der Waals surface area contributed by atoms with Crippen molar-refractivity contribution in [3.05, 3.63) is 58.7 Å². The van der Waals surface area contributed by atoms with Crippen molar-refractivity contribution in [2.45, 2.75) is 17.3 Å². The lowest BCUT2D eigenvalue weighted by molar-refractivity contribution is -0.120. The van der Waals surface area contributed by atoms with Gasteiger partial charge in [-0.3, -0.25) is 9.59 Å². The molecule has 0 bridgehead atoms. The van der Waals surface area contributed by atoms with Gasteiger partial charge in [-0.25, -0.2) is 9.66 Å². The topological polar surface area (TPSA) is 90.0 Å². The molecule has 0 aliphatic heterocycles. The van der Waals surface area contributed by atoms with Crippen molar-refractivity contribution >= 4 is 39.2 Å². The molecule has 2 aromatic heterocycles. The second-order valence-corrected chi connectivity index (χ2v) is 7.73. The number of thiophene rings is 1. The first-order valence-corrected chi connectivity index (χ1v) is 9.69. The zero-order valence-corrected chi connectivity index (χ0v) is 15.8. The highest BCUT2D eigenvalue weighted by Gasteiger charge is 2.20. The molecule has 1 atom stereocenters. The molecule has 2 heterocycles. The average Bonchev–Trinajstić information content (AvgIpc) is 3.08. The average molecular weight is 387 g/mol. The van der Waals surface area contributed by atoms with E-state index in [0.29, 0.717) is 21.9 Å². The molecule has 0 unspecified atom stereocenters. The molecule has 134 valence electrons. The minimum absolute atomic E-state index is 0.166. The number of carbonyl (C=O) groups excluding carboxylic acids is 1. The van der Waals surface area contributed by atoms with Crippen molar-refractivity contribution in [1.29, 1.82) is 0 Å². The highest BCUT2D eigenvalue weighted by Crippen LogP contribution is 2.32. The van der Waals surface area contributed by atoms with Crippen LogP contribution < -0.4 is 16.7 Å². The van der Waals surface area contributed by atoms with Crippen molar-refractivity contribution in [1.82, 2.24) is 15.0 Å². The number of hydrogen-bond acceptors (Lipinski definition) is 6. The number of hydrogen-bond donors (Lipinski definition) is 2. The predicted octanol–water partition coefficient (Wildman–Crippen LogP) is 2.62. The van der Waals surface area contributed by atoms with E-state index in [1.807, 2.05) is 35.7 Å². The summed E-state index contributed by atoms with van der Waals surface area (Å²) in [4.78, 5) is 29.9. The second-order valence-electron chi connectivity index (χ2n) is 5.56. The van der Waals surface area contributed by atoms with Crippen molar-refractivity contribution < 1.29 is 4.79 Å². The van der Waals surface area contributed by atoms with Gasteiger partial charge in [0, 0.05) is 17.5 Å². The third-order valence-electron chi connectivity index (χ3n) is 3.76. The zero-order chi connectivity index (χ0) is 18.7. The third kappa shape index (κ3) is 3.51. The van der Waals surface area contributed by atoms with Gasteiger partial charge in [0.05, 0.1) is 10.6 Å². The molecule has 0 spiro atoms. The zero-order valence-electron chi connectivity index (χ0n) is 14.1. The number of thioether (sulfide) groups is 1. The first-order chi connectivity index (χ1) is 12.5. The van der Waals surface area contributed by atoms with E-state index in [2.05, 4.69) is 16.9 Å². The van der Waals surface area contributed by atoms with E-state index in [9.17, 15) is 9.59 Å². The summed E-state index contributed by atoms with van der Waals surface area (Å²) in [6.07, 6.45) is 1.61. The van der Waals surface area contributed by atoms with Gasteiger partial charge in [-0.1, -0.05) is 48.2 Å². The van der Waals surface area contributed by atoms with Crippen LogP contribution in [0.25, 0.3) is 21.3 Å². The molecular formula is C18H18N4O2S2. The SMILES string of the molecule is C=CCNC(=O)[C@H](C)Sc1nc2scc(-c3ccccc3)c2c(=O)n1N. The van der Waals surface area contributed by atoms with Gasteiger partial charge in [0.15, 0.2) is 5.16 Å². The van der Waals surface area contributed by atoms with Crippen LogP contribution >= 0.6 is 23.1 Å². The van der Waals surface area contributed by atoms with Gasteiger partial charge in [-0.15, -0.1) is 17.9 Å². The Morgan fingerprint density at radius 1 is 1.46 bits per heavy atom. The fourth-order valence-electron chi connectivity index (χ4n) is 2.43. The number of amides is 1. The van der Waals surface area contributed by atoms with Gasteiger partial charge < -0.3 is 11.2 Å². The van der Waals surface area contributed by atoms with Gasteiger partial charge in [0.2, 0.25) is 5.91 Å². The summed E-state index contributed by atoms with van der Waals surface area (Å²) in [5.74, 6) is 5.81. The molecule has 0 saturated carbocycles. The summed E-state index contributed by atoms with van der Waals surface area (Å²) in [5, 5.41) is 4.99.